The summed E-state index contributed by atoms with van der Waals surface area (Å²) in [5, 5.41) is 0. The number of rotatable bonds is 4. The lowest BCUT2D eigenvalue weighted by Gasteiger charge is -2.37. The van der Waals surface area contributed by atoms with Crippen molar-refractivity contribution in [3.05, 3.63) is 29.6 Å². The normalized spacial score (nSPS) is 23.2. The molecule has 21 heavy (non-hydrogen) atoms. The predicted molar refractivity (Wildman–Crippen MR) is 81.9 cm³/mol. The molecule has 1 aliphatic carbocycles. The SMILES string of the molecule is COc1cccc(CC(C)(C)C2CCC(C)CC2=O)c1F. The van der Waals surface area contributed by atoms with E-state index in [0.717, 1.165) is 12.8 Å². The van der Waals surface area contributed by atoms with Crippen LogP contribution in [0, 0.1) is 23.1 Å². The van der Waals surface area contributed by atoms with Gasteiger partial charge in [-0.2, -0.15) is 0 Å². The van der Waals surface area contributed by atoms with Crippen molar-refractivity contribution in [3.8, 4) is 5.75 Å². The van der Waals surface area contributed by atoms with E-state index < -0.39 is 0 Å². The Morgan fingerprint density at radius 3 is 2.67 bits per heavy atom. The first-order valence-corrected chi connectivity index (χ1v) is 7.69. The van der Waals surface area contributed by atoms with Crippen LogP contribution in [0.5, 0.6) is 5.75 Å². The van der Waals surface area contributed by atoms with E-state index in [1.54, 1.807) is 18.2 Å². The summed E-state index contributed by atoms with van der Waals surface area (Å²) < 4.78 is 19.4. The highest BCUT2D eigenvalue weighted by Gasteiger charge is 2.38. The van der Waals surface area contributed by atoms with Crippen molar-refractivity contribution < 1.29 is 13.9 Å². The van der Waals surface area contributed by atoms with Crippen molar-refractivity contribution in [2.24, 2.45) is 17.3 Å². The van der Waals surface area contributed by atoms with Gasteiger partial charge in [0.2, 0.25) is 0 Å². The number of hydrogen-bond acceptors (Lipinski definition) is 2. The highest BCUT2D eigenvalue weighted by molar-refractivity contribution is 5.82. The van der Waals surface area contributed by atoms with E-state index in [-0.39, 0.29) is 22.9 Å². The fourth-order valence-electron chi connectivity index (χ4n) is 3.49. The number of carbonyl (C=O) groups is 1. The molecule has 2 nitrogen and oxygen atoms in total. The molecule has 0 N–H and O–H groups in total. The zero-order valence-corrected chi connectivity index (χ0v) is 13.4. The van der Waals surface area contributed by atoms with E-state index in [9.17, 15) is 9.18 Å². The second-order valence-corrected chi connectivity index (χ2v) is 7.00. The van der Waals surface area contributed by atoms with Crippen molar-refractivity contribution >= 4 is 5.78 Å². The van der Waals surface area contributed by atoms with Crippen LogP contribution in [0.25, 0.3) is 0 Å². The van der Waals surface area contributed by atoms with Crippen LogP contribution in [0.1, 0.15) is 45.6 Å². The van der Waals surface area contributed by atoms with E-state index >= 15 is 0 Å². The Morgan fingerprint density at radius 1 is 1.33 bits per heavy atom. The molecule has 0 radical (unpaired) electrons. The Bertz CT molecular complexity index is 522. The molecule has 2 unspecified atom stereocenters. The number of halogens is 1. The molecule has 0 aromatic heterocycles. The van der Waals surface area contributed by atoms with Gasteiger partial charge in [-0.3, -0.25) is 4.79 Å². The van der Waals surface area contributed by atoms with Gasteiger partial charge >= 0.3 is 0 Å². The van der Waals surface area contributed by atoms with Crippen molar-refractivity contribution in [3.63, 3.8) is 0 Å². The molecular weight excluding hydrogens is 267 g/mol. The molecule has 0 amide bonds. The Labute approximate surface area is 126 Å². The van der Waals surface area contributed by atoms with Gasteiger partial charge in [-0.1, -0.05) is 32.9 Å². The Kier molecular flexibility index (Phi) is 4.70. The Morgan fingerprint density at radius 2 is 2.05 bits per heavy atom. The third-order valence-electron chi connectivity index (χ3n) is 4.74. The van der Waals surface area contributed by atoms with Crippen molar-refractivity contribution in [1.82, 2.24) is 0 Å². The van der Waals surface area contributed by atoms with Crippen LogP contribution >= 0.6 is 0 Å². The van der Waals surface area contributed by atoms with Crippen molar-refractivity contribution in [2.75, 3.05) is 7.11 Å². The molecule has 1 aromatic rings. The van der Waals surface area contributed by atoms with Crippen LogP contribution in [0.15, 0.2) is 18.2 Å². The maximum atomic E-state index is 14.3. The monoisotopic (exact) mass is 292 g/mol. The average molecular weight is 292 g/mol. The molecule has 0 bridgehead atoms. The predicted octanol–water partition coefficient (Wildman–Crippen LogP) is 4.41. The van der Waals surface area contributed by atoms with Gasteiger partial charge in [0.25, 0.3) is 0 Å². The summed E-state index contributed by atoms with van der Waals surface area (Å²) in [5.41, 5.74) is 0.399. The van der Waals surface area contributed by atoms with Crippen LogP contribution in [0.3, 0.4) is 0 Å². The van der Waals surface area contributed by atoms with Gasteiger partial charge in [-0.05, 0) is 42.2 Å². The van der Waals surface area contributed by atoms with Gasteiger partial charge in [0.1, 0.15) is 5.78 Å². The summed E-state index contributed by atoms with van der Waals surface area (Å²) in [6, 6.07) is 5.22. The zero-order valence-electron chi connectivity index (χ0n) is 13.4. The van der Waals surface area contributed by atoms with Crippen LogP contribution < -0.4 is 4.74 Å². The quantitative estimate of drug-likeness (QED) is 0.821. The first kappa shape index (κ1) is 16.0. The van der Waals surface area contributed by atoms with Crippen LogP contribution in [-0.2, 0) is 11.2 Å². The average Bonchev–Trinajstić information content (AvgIpc) is 2.40. The Balaban J connectivity index is 2.19. The highest BCUT2D eigenvalue weighted by atomic mass is 19.1. The molecule has 0 spiro atoms. The molecule has 116 valence electrons. The van der Waals surface area contributed by atoms with E-state index in [0.29, 0.717) is 30.1 Å². The highest BCUT2D eigenvalue weighted by Crippen LogP contribution is 2.41. The standard InChI is InChI=1S/C18H25FO2/c1-12-8-9-14(15(20)10-12)18(2,3)11-13-6-5-7-16(21-4)17(13)19/h5-7,12,14H,8-11H2,1-4H3. The number of hydrogen-bond donors (Lipinski definition) is 0. The van der Waals surface area contributed by atoms with Gasteiger partial charge in [-0.25, -0.2) is 4.39 Å². The number of Topliss-reactive ketones (excluding diaryl/α,β-unsaturated/α-hetero) is 1. The van der Waals surface area contributed by atoms with Crippen molar-refractivity contribution in [1.29, 1.82) is 0 Å². The van der Waals surface area contributed by atoms with E-state index in [1.807, 2.05) is 0 Å². The van der Waals surface area contributed by atoms with Gasteiger partial charge < -0.3 is 4.74 Å². The molecule has 1 aliphatic rings. The fourth-order valence-corrected chi connectivity index (χ4v) is 3.49. The Hall–Kier alpha value is -1.38. The van der Waals surface area contributed by atoms with Gasteiger partial charge in [0.05, 0.1) is 7.11 Å². The number of benzene rings is 1. The number of ketones is 1. The number of methoxy groups -OCH3 is 1. The molecule has 2 atom stereocenters. The summed E-state index contributed by atoms with van der Waals surface area (Å²) in [4.78, 5) is 12.3. The van der Waals surface area contributed by atoms with Crippen LogP contribution in [0.4, 0.5) is 4.39 Å². The van der Waals surface area contributed by atoms with E-state index in [1.165, 1.54) is 7.11 Å². The summed E-state index contributed by atoms with van der Waals surface area (Å²) in [5.74, 6) is 0.816. The van der Waals surface area contributed by atoms with Crippen molar-refractivity contribution in [2.45, 2.75) is 46.5 Å². The molecule has 1 fully saturated rings. The number of carbonyl (C=O) groups excluding carboxylic acids is 1. The molecule has 0 saturated heterocycles. The summed E-state index contributed by atoms with van der Waals surface area (Å²) in [6.45, 7) is 6.28. The van der Waals surface area contributed by atoms with Gasteiger partial charge in [0.15, 0.2) is 11.6 Å². The van der Waals surface area contributed by atoms with Crippen LogP contribution in [0.2, 0.25) is 0 Å². The third-order valence-corrected chi connectivity index (χ3v) is 4.74. The second kappa shape index (κ2) is 6.17. The molecule has 1 saturated carbocycles. The lowest BCUT2D eigenvalue weighted by atomic mass is 9.66. The molecular formula is C18H25FO2. The maximum absolute atomic E-state index is 14.3. The van der Waals surface area contributed by atoms with Gasteiger partial charge in [-0.15, -0.1) is 0 Å². The smallest absolute Gasteiger partial charge is 0.168 e. The molecule has 3 heteroatoms. The molecule has 0 aliphatic heterocycles. The minimum atomic E-state index is -0.301. The fraction of sp³-hybridized carbons (Fsp3) is 0.611. The first-order chi connectivity index (χ1) is 9.85. The number of ether oxygens (including phenoxy) is 1. The molecule has 1 aromatic carbocycles. The van der Waals surface area contributed by atoms with Crippen LogP contribution in [-0.4, -0.2) is 12.9 Å². The lowest BCUT2D eigenvalue weighted by molar-refractivity contribution is -0.129. The largest absolute Gasteiger partial charge is 0.494 e. The van der Waals surface area contributed by atoms with Gasteiger partial charge in [0, 0.05) is 12.3 Å². The van der Waals surface area contributed by atoms with E-state index in [2.05, 4.69) is 20.8 Å². The summed E-state index contributed by atoms with van der Waals surface area (Å²) >= 11 is 0. The summed E-state index contributed by atoms with van der Waals surface area (Å²) in [6.07, 6.45) is 3.22. The third kappa shape index (κ3) is 3.45. The minimum Gasteiger partial charge on any atom is -0.494 e. The van der Waals surface area contributed by atoms with E-state index in [4.69, 9.17) is 4.74 Å². The lowest BCUT2D eigenvalue weighted by Crippen LogP contribution is -2.37. The topological polar surface area (TPSA) is 26.3 Å². The first-order valence-electron chi connectivity index (χ1n) is 7.69. The summed E-state index contributed by atoms with van der Waals surface area (Å²) in [7, 11) is 1.47. The molecule has 0 heterocycles. The molecule has 2 rings (SSSR count). The maximum Gasteiger partial charge on any atom is 0.168 e. The minimum absolute atomic E-state index is 0.0271. The second-order valence-electron chi connectivity index (χ2n) is 7.00. The zero-order chi connectivity index (χ0) is 15.6.